The first-order valence-electron chi connectivity index (χ1n) is 6.95. The van der Waals surface area contributed by atoms with Crippen LogP contribution in [0.4, 0.5) is 0 Å². The van der Waals surface area contributed by atoms with Crippen molar-refractivity contribution in [1.82, 2.24) is 10.2 Å². The molecule has 0 spiro atoms. The van der Waals surface area contributed by atoms with Crippen LogP contribution >= 0.6 is 36.2 Å². The first-order valence-corrected chi connectivity index (χ1v) is 7.83. The number of carbonyl (C=O) groups is 1. The predicted molar refractivity (Wildman–Crippen MR) is 93.6 cm³/mol. The number of hydrogen-bond acceptors (Lipinski definition) is 4. The number of halogens is 2. The lowest BCUT2D eigenvalue weighted by atomic mass is 9.97. The number of carbonyl (C=O) groups excluding carboxylic acids is 1. The van der Waals surface area contributed by atoms with E-state index in [2.05, 4.69) is 34.7 Å². The van der Waals surface area contributed by atoms with Gasteiger partial charge >= 0.3 is 0 Å². The molecule has 1 unspecified atom stereocenters. The van der Waals surface area contributed by atoms with Crippen LogP contribution in [0.15, 0.2) is 17.5 Å². The topological polar surface area (TPSA) is 58.4 Å². The minimum absolute atomic E-state index is 0. The van der Waals surface area contributed by atoms with Gasteiger partial charge in [0.2, 0.25) is 5.91 Å². The van der Waals surface area contributed by atoms with E-state index < -0.39 is 0 Å². The molecule has 0 saturated carbocycles. The maximum Gasteiger partial charge on any atom is 0.233 e. The van der Waals surface area contributed by atoms with E-state index >= 15 is 0 Å². The summed E-state index contributed by atoms with van der Waals surface area (Å²) >= 11 is 1.76. The SMILES string of the molecule is CC1CCN(C(CNC(=O)CN)c2cccs2)CC1.Cl.Cl. The summed E-state index contributed by atoms with van der Waals surface area (Å²) in [5.41, 5.74) is 5.35. The van der Waals surface area contributed by atoms with Crippen LogP contribution in [-0.4, -0.2) is 37.0 Å². The standard InChI is InChI=1S/C14H23N3OS.2ClH/c1-11-4-6-17(7-5-11)12(10-16-14(18)9-15)13-3-2-8-19-13;;/h2-3,8,11-12H,4-7,9-10,15H2,1H3,(H,16,18);2*1H. The van der Waals surface area contributed by atoms with E-state index in [0.717, 1.165) is 19.0 Å². The normalized spacial score (nSPS) is 17.4. The maximum atomic E-state index is 11.4. The fraction of sp³-hybridized carbons (Fsp3) is 0.643. The molecule has 0 radical (unpaired) electrons. The van der Waals surface area contributed by atoms with Crippen molar-refractivity contribution < 1.29 is 4.79 Å². The number of hydrogen-bond donors (Lipinski definition) is 2. The van der Waals surface area contributed by atoms with Gasteiger partial charge in [-0.15, -0.1) is 36.2 Å². The smallest absolute Gasteiger partial charge is 0.233 e. The van der Waals surface area contributed by atoms with E-state index in [-0.39, 0.29) is 37.3 Å². The molecule has 1 atom stereocenters. The molecular formula is C14H25Cl2N3OS. The number of nitrogens with one attached hydrogen (secondary N) is 1. The van der Waals surface area contributed by atoms with Crippen molar-refractivity contribution in [3.05, 3.63) is 22.4 Å². The number of nitrogens with two attached hydrogens (primary N) is 1. The van der Waals surface area contributed by atoms with E-state index in [4.69, 9.17) is 5.73 Å². The van der Waals surface area contributed by atoms with Gasteiger partial charge in [-0.1, -0.05) is 13.0 Å². The summed E-state index contributed by atoms with van der Waals surface area (Å²) in [5, 5.41) is 5.03. The van der Waals surface area contributed by atoms with E-state index in [0.29, 0.717) is 12.6 Å². The van der Waals surface area contributed by atoms with Crippen molar-refractivity contribution in [2.24, 2.45) is 11.7 Å². The van der Waals surface area contributed by atoms with Gasteiger partial charge in [-0.05, 0) is 43.3 Å². The van der Waals surface area contributed by atoms with Crippen LogP contribution in [0.25, 0.3) is 0 Å². The second-order valence-electron chi connectivity index (χ2n) is 5.26. The van der Waals surface area contributed by atoms with Crippen molar-refractivity contribution in [3.63, 3.8) is 0 Å². The quantitative estimate of drug-likeness (QED) is 0.854. The zero-order chi connectivity index (χ0) is 13.7. The van der Waals surface area contributed by atoms with Crippen molar-refractivity contribution in [1.29, 1.82) is 0 Å². The Morgan fingerprint density at radius 2 is 2.14 bits per heavy atom. The molecule has 1 amide bonds. The van der Waals surface area contributed by atoms with E-state index in [1.165, 1.54) is 17.7 Å². The zero-order valence-corrected chi connectivity index (χ0v) is 14.7. The summed E-state index contributed by atoms with van der Waals surface area (Å²) in [4.78, 5) is 15.2. The fourth-order valence-corrected chi connectivity index (χ4v) is 3.37. The Bertz CT molecular complexity index is 395. The van der Waals surface area contributed by atoms with Crippen molar-refractivity contribution in [2.45, 2.75) is 25.8 Å². The first kappa shape index (κ1) is 20.7. The van der Waals surface area contributed by atoms with Crippen LogP contribution in [0, 0.1) is 5.92 Å². The monoisotopic (exact) mass is 353 g/mol. The number of rotatable bonds is 5. The summed E-state index contributed by atoms with van der Waals surface area (Å²) < 4.78 is 0. The molecule has 4 nitrogen and oxygen atoms in total. The summed E-state index contributed by atoms with van der Waals surface area (Å²) in [7, 11) is 0. The fourth-order valence-electron chi connectivity index (χ4n) is 2.51. The van der Waals surface area contributed by atoms with Gasteiger partial charge in [-0.3, -0.25) is 9.69 Å². The largest absolute Gasteiger partial charge is 0.353 e. The van der Waals surface area contributed by atoms with Gasteiger partial charge in [0.05, 0.1) is 12.6 Å². The predicted octanol–water partition coefficient (Wildman–Crippen LogP) is 2.44. The molecule has 7 heteroatoms. The number of piperidine rings is 1. The van der Waals surface area contributed by atoms with Crippen LogP contribution in [0.2, 0.25) is 0 Å². The highest BCUT2D eigenvalue weighted by Crippen LogP contribution is 2.28. The summed E-state index contributed by atoms with van der Waals surface area (Å²) in [5.74, 6) is 0.741. The Labute approximate surface area is 143 Å². The molecule has 21 heavy (non-hydrogen) atoms. The highest BCUT2D eigenvalue weighted by Gasteiger charge is 2.25. The highest BCUT2D eigenvalue weighted by molar-refractivity contribution is 7.10. The maximum absolute atomic E-state index is 11.4. The van der Waals surface area contributed by atoms with E-state index in [1.807, 2.05) is 0 Å². The van der Waals surface area contributed by atoms with E-state index in [9.17, 15) is 4.79 Å². The molecule has 122 valence electrons. The molecule has 1 aromatic rings. The molecular weight excluding hydrogens is 329 g/mol. The van der Waals surface area contributed by atoms with Crippen LogP contribution in [0.5, 0.6) is 0 Å². The van der Waals surface area contributed by atoms with Crippen molar-refractivity contribution in [3.8, 4) is 0 Å². The third kappa shape index (κ3) is 6.12. The van der Waals surface area contributed by atoms with Gasteiger partial charge in [0.25, 0.3) is 0 Å². The third-order valence-corrected chi connectivity index (χ3v) is 4.78. The Morgan fingerprint density at radius 1 is 1.48 bits per heavy atom. The van der Waals surface area contributed by atoms with Gasteiger partial charge < -0.3 is 11.1 Å². The second-order valence-corrected chi connectivity index (χ2v) is 6.24. The molecule has 1 aliphatic heterocycles. The molecule has 1 aliphatic rings. The first-order chi connectivity index (χ1) is 9.20. The van der Waals surface area contributed by atoms with Crippen LogP contribution in [0.3, 0.4) is 0 Å². The van der Waals surface area contributed by atoms with E-state index in [1.54, 1.807) is 11.3 Å². The van der Waals surface area contributed by atoms with Crippen molar-refractivity contribution in [2.75, 3.05) is 26.2 Å². The Balaban J connectivity index is 0.00000200. The summed E-state index contributed by atoms with van der Waals surface area (Å²) in [6.07, 6.45) is 2.49. The number of thiophene rings is 1. The molecule has 1 saturated heterocycles. The van der Waals surface area contributed by atoms with Crippen LogP contribution in [0.1, 0.15) is 30.7 Å². The molecule has 0 aromatic carbocycles. The second kappa shape index (κ2) is 10.4. The van der Waals surface area contributed by atoms with Gasteiger partial charge in [-0.25, -0.2) is 0 Å². The van der Waals surface area contributed by atoms with Gasteiger partial charge in [-0.2, -0.15) is 0 Å². The molecule has 3 N–H and O–H groups in total. The lowest BCUT2D eigenvalue weighted by molar-refractivity contribution is -0.120. The molecule has 0 bridgehead atoms. The average molecular weight is 354 g/mol. The lowest BCUT2D eigenvalue weighted by Gasteiger charge is -2.36. The number of amides is 1. The molecule has 1 fully saturated rings. The molecule has 2 heterocycles. The number of nitrogens with zero attached hydrogens (tertiary/aromatic N) is 1. The van der Waals surface area contributed by atoms with Gasteiger partial charge in [0, 0.05) is 11.4 Å². The van der Waals surface area contributed by atoms with Crippen LogP contribution < -0.4 is 11.1 Å². The van der Waals surface area contributed by atoms with Crippen LogP contribution in [-0.2, 0) is 4.79 Å². The van der Waals surface area contributed by atoms with Crippen molar-refractivity contribution >= 4 is 42.1 Å². The average Bonchev–Trinajstić information content (AvgIpc) is 2.94. The third-order valence-electron chi connectivity index (χ3n) is 3.81. The molecule has 0 aliphatic carbocycles. The minimum Gasteiger partial charge on any atom is -0.353 e. The van der Waals surface area contributed by atoms with Gasteiger partial charge in [0.1, 0.15) is 0 Å². The summed E-state index contributed by atoms with van der Waals surface area (Å²) in [6, 6.07) is 4.52. The molecule has 2 rings (SSSR count). The molecule has 1 aromatic heterocycles. The minimum atomic E-state index is -0.0769. The number of likely N-dealkylation sites (tertiary alicyclic amines) is 1. The lowest BCUT2D eigenvalue weighted by Crippen LogP contribution is -2.42. The Kier molecular flexibility index (Phi) is 10.2. The Hall–Kier alpha value is -0.330. The highest BCUT2D eigenvalue weighted by atomic mass is 35.5. The van der Waals surface area contributed by atoms with Gasteiger partial charge in [0.15, 0.2) is 0 Å². The Morgan fingerprint density at radius 3 is 2.67 bits per heavy atom. The zero-order valence-electron chi connectivity index (χ0n) is 12.3. The summed E-state index contributed by atoms with van der Waals surface area (Å²) in [6.45, 7) is 5.26.